The summed E-state index contributed by atoms with van der Waals surface area (Å²) in [6, 6.07) is 8.27. The molecule has 2 rings (SSSR count). The van der Waals surface area contributed by atoms with E-state index in [1.807, 2.05) is 0 Å². The van der Waals surface area contributed by atoms with Crippen molar-refractivity contribution in [3.63, 3.8) is 0 Å². The molecule has 8 heteroatoms. The molecule has 0 aliphatic heterocycles. The Balaban J connectivity index is 2.07. The first-order valence-corrected chi connectivity index (χ1v) is 8.41. The van der Waals surface area contributed by atoms with Gasteiger partial charge in [0.15, 0.2) is 0 Å². The number of amides is 2. The minimum atomic E-state index is -0.497. The first kappa shape index (κ1) is 20.4. The number of carbonyl (C=O) groups excluding carboxylic acids is 2. The summed E-state index contributed by atoms with van der Waals surface area (Å²) < 4.78 is 15.5. The van der Waals surface area contributed by atoms with E-state index < -0.39 is 11.8 Å². The third kappa shape index (κ3) is 5.27. The summed E-state index contributed by atoms with van der Waals surface area (Å²) in [4.78, 5) is 24.5. The second kappa shape index (κ2) is 9.14. The number of nitrogens with one attached hydrogen (secondary N) is 2. The van der Waals surface area contributed by atoms with Gasteiger partial charge in [-0.05, 0) is 30.7 Å². The molecule has 144 valence electrons. The lowest BCUT2D eigenvalue weighted by Crippen LogP contribution is -2.22. The number of hydrogen-bond acceptors (Lipinski definition) is 5. The molecular weight excluding hydrogens is 372 g/mol. The van der Waals surface area contributed by atoms with Gasteiger partial charge in [-0.2, -0.15) is 0 Å². The van der Waals surface area contributed by atoms with Gasteiger partial charge in [-0.3, -0.25) is 9.59 Å². The van der Waals surface area contributed by atoms with Crippen LogP contribution < -0.4 is 24.8 Å². The van der Waals surface area contributed by atoms with Gasteiger partial charge in [0, 0.05) is 17.2 Å². The summed E-state index contributed by atoms with van der Waals surface area (Å²) in [6.45, 7) is 1.80. The van der Waals surface area contributed by atoms with Gasteiger partial charge in [0.25, 0.3) is 0 Å². The van der Waals surface area contributed by atoms with Gasteiger partial charge in [-0.25, -0.2) is 0 Å². The predicted molar refractivity (Wildman–Crippen MR) is 104 cm³/mol. The summed E-state index contributed by atoms with van der Waals surface area (Å²) in [5.74, 6) is 0.434. The fourth-order valence-electron chi connectivity index (χ4n) is 2.38. The summed E-state index contributed by atoms with van der Waals surface area (Å²) in [6.07, 6.45) is -0.384. The Morgan fingerprint density at radius 2 is 1.48 bits per heavy atom. The van der Waals surface area contributed by atoms with Gasteiger partial charge < -0.3 is 24.8 Å². The minimum Gasteiger partial charge on any atom is -0.497 e. The molecular formula is C19H21ClN2O5. The number of halogens is 1. The molecule has 2 N–H and O–H groups in total. The van der Waals surface area contributed by atoms with Crippen LogP contribution in [0.2, 0.25) is 5.02 Å². The largest absolute Gasteiger partial charge is 0.497 e. The Labute approximate surface area is 162 Å². The molecule has 2 amide bonds. The quantitative estimate of drug-likeness (QED) is 0.702. The molecule has 0 saturated carbocycles. The highest BCUT2D eigenvalue weighted by atomic mass is 35.5. The molecule has 0 bridgehead atoms. The SMILES string of the molecule is COc1ccc(OC)c(NC(=O)CC(=O)Nc2cc(C)c(Cl)cc2OC)c1. The van der Waals surface area contributed by atoms with Crippen molar-refractivity contribution < 1.29 is 23.8 Å². The highest BCUT2D eigenvalue weighted by molar-refractivity contribution is 6.31. The molecule has 2 aromatic carbocycles. The Bertz CT molecular complexity index is 854. The average molecular weight is 393 g/mol. The molecule has 0 fully saturated rings. The molecule has 0 atom stereocenters. The van der Waals surface area contributed by atoms with E-state index in [2.05, 4.69) is 10.6 Å². The van der Waals surface area contributed by atoms with Crippen molar-refractivity contribution in [1.82, 2.24) is 0 Å². The highest BCUT2D eigenvalue weighted by Crippen LogP contribution is 2.31. The van der Waals surface area contributed by atoms with Gasteiger partial charge in [0.2, 0.25) is 11.8 Å². The zero-order valence-electron chi connectivity index (χ0n) is 15.5. The summed E-state index contributed by atoms with van der Waals surface area (Å²) >= 11 is 6.05. The lowest BCUT2D eigenvalue weighted by molar-refractivity contribution is -0.123. The smallest absolute Gasteiger partial charge is 0.233 e. The average Bonchev–Trinajstić information content (AvgIpc) is 2.64. The van der Waals surface area contributed by atoms with Crippen LogP contribution in [0, 0.1) is 6.92 Å². The zero-order valence-corrected chi connectivity index (χ0v) is 16.3. The Kier molecular flexibility index (Phi) is 6.90. The third-order valence-corrected chi connectivity index (χ3v) is 4.16. The van der Waals surface area contributed by atoms with E-state index in [4.69, 9.17) is 25.8 Å². The third-order valence-electron chi connectivity index (χ3n) is 3.76. The molecule has 27 heavy (non-hydrogen) atoms. The summed E-state index contributed by atoms with van der Waals surface area (Å²) in [5, 5.41) is 5.82. The monoisotopic (exact) mass is 392 g/mol. The van der Waals surface area contributed by atoms with Gasteiger partial charge in [-0.15, -0.1) is 0 Å². The van der Waals surface area contributed by atoms with Crippen molar-refractivity contribution in [2.24, 2.45) is 0 Å². The summed E-state index contributed by atoms with van der Waals surface area (Å²) in [7, 11) is 4.47. The second-order valence-electron chi connectivity index (χ2n) is 5.64. The lowest BCUT2D eigenvalue weighted by atomic mass is 10.2. The Morgan fingerprint density at radius 1 is 0.889 bits per heavy atom. The number of methoxy groups -OCH3 is 3. The van der Waals surface area contributed by atoms with Crippen LogP contribution >= 0.6 is 11.6 Å². The standard InChI is InChI=1S/C19H21ClN2O5/c1-11-7-14(17(27-4)9-13(11)20)21-18(23)10-19(24)22-15-8-12(25-2)5-6-16(15)26-3/h5-9H,10H2,1-4H3,(H,21,23)(H,22,24). The number of ether oxygens (including phenoxy) is 3. The normalized spacial score (nSPS) is 10.1. The van der Waals surface area contributed by atoms with Gasteiger partial charge >= 0.3 is 0 Å². The van der Waals surface area contributed by atoms with E-state index >= 15 is 0 Å². The fraction of sp³-hybridized carbons (Fsp3) is 0.263. The number of benzene rings is 2. The van der Waals surface area contributed by atoms with Crippen molar-refractivity contribution >= 4 is 34.8 Å². The Hall–Kier alpha value is -2.93. The first-order chi connectivity index (χ1) is 12.9. The molecule has 0 saturated heterocycles. The first-order valence-electron chi connectivity index (χ1n) is 8.03. The van der Waals surface area contributed by atoms with E-state index in [1.165, 1.54) is 21.3 Å². The number of rotatable bonds is 7. The number of hydrogen-bond donors (Lipinski definition) is 2. The highest BCUT2D eigenvalue weighted by Gasteiger charge is 2.15. The molecule has 0 aliphatic rings. The second-order valence-corrected chi connectivity index (χ2v) is 6.05. The van der Waals surface area contributed by atoms with Crippen molar-refractivity contribution in [3.05, 3.63) is 40.9 Å². The van der Waals surface area contributed by atoms with E-state index in [-0.39, 0.29) is 6.42 Å². The maximum absolute atomic E-state index is 12.2. The van der Waals surface area contributed by atoms with Crippen LogP contribution in [-0.4, -0.2) is 33.1 Å². The maximum Gasteiger partial charge on any atom is 0.233 e. The Morgan fingerprint density at radius 3 is 2.04 bits per heavy atom. The maximum atomic E-state index is 12.2. The molecule has 0 aliphatic carbocycles. The minimum absolute atomic E-state index is 0.384. The van der Waals surface area contributed by atoms with Crippen molar-refractivity contribution in [2.75, 3.05) is 32.0 Å². The number of carbonyl (C=O) groups is 2. The van der Waals surface area contributed by atoms with E-state index in [1.54, 1.807) is 37.3 Å². The topological polar surface area (TPSA) is 85.9 Å². The van der Waals surface area contributed by atoms with E-state index in [0.29, 0.717) is 33.6 Å². The van der Waals surface area contributed by atoms with E-state index in [9.17, 15) is 9.59 Å². The van der Waals surface area contributed by atoms with Crippen LogP contribution in [0.15, 0.2) is 30.3 Å². The van der Waals surface area contributed by atoms with Crippen molar-refractivity contribution in [2.45, 2.75) is 13.3 Å². The molecule has 7 nitrogen and oxygen atoms in total. The van der Waals surface area contributed by atoms with Crippen LogP contribution in [0.25, 0.3) is 0 Å². The van der Waals surface area contributed by atoms with Crippen molar-refractivity contribution in [1.29, 1.82) is 0 Å². The van der Waals surface area contributed by atoms with Crippen LogP contribution in [0.4, 0.5) is 11.4 Å². The molecule has 0 aromatic heterocycles. The van der Waals surface area contributed by atoms with Crippen LogP contribution in [0.5, 0.6) is 17.2 Å². The van der Waals surface area contributed by atoms with E-state index in [0.717, 1.165) is 5.56 Å². The fourth-order valence-corrected chi connectivity index (χ4v) is 2.53. The predicted octanol–water partition coefficient (Wildman–Crippen LogP) is 3.64. The van der Waals surface area contributed by atoms with Gasteiger partial charge in [-0.1, -0.05) is 11.6 Å². The number of anilines is 2. The van der Waals surface area contributed by atoms with Crippen LogP contribution in [0.1, 0.15) is 12.0 Å². The summed E-state index contributed by atoms with van der Waals surface area (Å²) in [5.41, 5.74) is 1.63. The molecule has 0 unspecified atom stereocenters. The molecule has 2 aromatic rings. The van der Waals surface area contributed by atoms with Gasteiger partial charge in [0.1, 0.15) is 23.7 Å². The zero-order chi connectivity index (χ0) is 20.0. The lowest BCUT2D eigenvalue weighted by Gasteiger charge is -2.13. The van der Waals surface area contributed by atoms with Crippen LogP contribution in [-0.2, 0) is 9.59 Å². The van der Waals surface area contributed by atoms with Crippen molar-refractivity contribution in [3.8, 4) is 17.2 Å². The molecule has 0 heterocycles. The van der Waals surface area contributed by atoms with Gasteiger partial charge in [0.05, 0.1) is 32.7 Å². The van der Waals surface area contributed by atoms with Crippen LogP contribution in [0.3, 0.4) is 0 Å². The molecule has 0 spiro atoms. The molecule has 0 radical (unpaired) electrons. The number of aryl methyl sites for hydroxylation is 1.